The van der Waals surface area contributed by atoms with Crippen molar-refractivity contribution in [3.05, 3.63) is 65.5 Å². The third kappa shape index (κ3) is 10.1. The molecular formula is C37H55N5O6S. The van der Waals surface area contributed by atoms with Crippen molar-refractivity contribution in [2.45, 2.75) is 115 Å². The van der Waals surface area contributed by atoms with E-state index in [1.807, 2.05) is 51.1 Å². The van der Waals surface area contributed by atoms with Crippen molar-refractivity contribution in [3.8, 4) is 0 Å². The number of amides is 3. The van der Waals surface area contributed by atoms with Gasteiger partial charge in [-0.05, 0) is 90.3 Å². The van der Waals surface area contributed by atoms with Crippen molar-refractivity contribution in [1.29, 1.82) is 0 Å². The van der Waals surface area contributed by atoms with Gasteiger partial charge in [-0.1, -0.05) is 49.6 Å². The Labute approximate surface area is 291 Å². The van der Waals surface area contributed by atoms with E-state index in [1.54, 1.807) is 19.1 Å². The second-order valence-electron chi connectivity index (χ2n) is 15.6. The second-order valence-corrected chi connectivity index (χ2v) is 18.2. The maximum absolute atomic E-state index is 14.2. The highest BCUT2D eigenvalue weighted by molar-refractivity contribution is 7.92. The summed E-state index contributed by atoms with van der Waals surface area (Å²) in [6.07, 6.45) is 6.71. The molecule has 3 amide bonds. The van der Waals surface area contributed by atoms with Gasteiger partial charge in [-0.25, -0.2) is 8.42 Å². The highest BCUT2D eigenvalue weighted by atomic mass is 32.2. The fourth-order valence-corrected chi connectivity index (χ4v) is 7.59. The maximum atomic E-state index is 14.2. The number of pyridine rings is 1. The van der Waals surface area contributed by atoms with Gasteiger partial charge in [0.05, 0.1) is 28.5 Å². The quantitative estimate of drug-likeness (QED) is 0.264. The number of carbonyl (C=O) groups excluding carboxylic acids is 3. The smallest absolute Gasteiger partial charge is 0.253 e. The number of sulfone groups is 1. The third-order valence-corrected chi connectivity index (χ3v) is 12.3. The molecule has 1 aliphatic heterocycles. The number of benzene rings is 1. The molecule has 0 unspecified atom stereocenters. The van der Waals surface area contributed by atoms with E-state index in [2.05, 4.69) is 25.8 Å². The number of aliphatic hydroxyl groups excluding tert-OH is 1. The zero-order valence-electron chi connectivity index (χ0n) is 30.0. The fourth-order valence-electron chi connectivity index (χ4n) is 7.00. The minimum absolute atomic E-state index is 0.0735. The van der Waals surface area contributed by atoms with Crippen LogP contribution in [-0.4, -0.2) is 95.0 Å². The van der Waals surface area contributed by atoms with Crippen LogP contribution in [0.1, 0.15) is 88.3 Å². The van der Waals surface area contributed by atoms with Crippen LogP contribution in [0.3, 0.4) is 0 Å². The molecule has 0 bridgehead atoms. The Morgan fingerprint density at radius 3 is 2.22 bits per heavy atom. The molecule has 11 nitrogen and oxygen atoms in total. The van der Waals surface area contributed by atoms with Crippen LogP contribution in [-0.2, 0) is 25.8 Å². The van der Waals surface area contributed by atoms with Gasteiger partial charge >= 0.3 is 0 Å². The van der Waals surface area contributed by atoms with Crippen LogP contribution in [0.5, 0.6) is 0 Å². The van der Waals surface area contributed by atoms with Gasteiger partial charge < -0.3 is 21.1 Å². The zero-order valence-corrected chi connectivity index (χ0v) is 30.8. The standard InChI is InChI=1S/C37H55N5O6S/c1-24-17-18-27(21-38-24)33(44)40-32(37(5,6)49(7,47)48)35(46)39-29(19-25-13-9-8-10-14-25)31(43)23-42-22-28-16-12-11-15-26(28)20-30(42)34(45)41-36(2,3)4/h8-10,13-14,17-18,21,26,28-32,43H,11-12,15-16,19-20,22-23H2,1-7H3,(H,39,46)(H,40,44)(H,41,45)/t26-,28+,29-,30-,31+,32+/m0/s1. The van der Waals surface area contributed by atoms with E-state index in [0.29, 0.717) is 30.5 Å². The van der Waals surface area contributed by atoms with Crippen molar-refractivity contribution >= 4 is 27.6 Å². The first kappa shape index (κ1) is 38.5. The van der Waals surface area contributed by atoms with E-state index in [-0.39, 0.29) is 24.4 Å². The Morgan fingerprint density at radius 1 is 0.980 bits per heavy atom. The summed E-state index contributed by atoms with van der Waals surface area (Å²) in [4.78, 5) is 47.4. The van der Waals surface area contributed by atoms with Gasteiger partial charge in [0.25, 0.3) is 5.91 Å². The molecule has 2 fully saturated rings. The van der Waals surface area contributed by atoms with Crippen LogP contribution in [0.25, 0.3) is 0 Å². The number of hydrogen-bond acceptors (Lipinski definition) is 8. The van der Waals surface area contributed by atoms with Gasteiger partial charge in [0.1, 0.15) is 6.04 Å². The van der Waals surface area contributed by atoms with Crippen LogP contribution in [0.4, 0.5) is 0 Å². The molecule has 270 valence electrons. The van der Waals surface area contributed by atoms with E-state index >= 15 is 0 Å². The topological polar surface area (TPSA) is 158 Å². The Hall–Kier alpha value is -3.35. The Bertz CT molecular complexity index is 1560. The summed E-state index contributed by atoms with van der Waals surface area (Å²) >= 11 is 0. The van der Waals surface area contributed by atoms with Gasteiger partial charge in [-0.3, -0.25) is 24.3 Å². The number of aryl methyl sites for hydroxylation is 1. The van der Waals surface area contributed by atoms with Crippen molar-refractivity contribution in [3.63, 3.8) is 0 Å². The number of nitrogens with one attached hydrogen (secondary N) is 3. The number of carbonyl (C=O) groups is 3. The third-order valence-electron chi connectivity index (χ3n) is 10.2. The summed E-state index contributed by atoms with van der Waals surface area (Å²) in [7, 11) is -3.87. The molecule has 2 aromatic rings. The number of aromatic nitrogens is 1. The van der Waals surface area contributed by atoms with Gasteiger partial charge in [0.2, 0.25) is 11.8 Å². The Morgan fingerprint density at radius 2 is 1.63 bits per heavy atom. The van der Waals surface area contributed by atoms with Gasteiger partial charge in [-0.2, -0.15) is 0 Å². The lowest BCUT2D eigenvalue weighted by atomic mass is 9.72. The first-order valence-electron chi connectivity index (χ1n) is 17.4. The van der Waals surface area contributed by atoms with Crippen molar-refractivity contribution in [2.75, 3.05) is 19.3 Å². The first-order valence-corrected chi connectivity index (χ1v) is 19.3. The highest BCUT2D eigenvalue weighted by Crippen LogP contribution is 2.39. The largest absolute Gasteiger partial charge is 0.390 e. The molecule has 1 saturated carbocycles. The Balaban J connectivity index is 1.63. The fraction of sp³-hybridized carbons (Fsp3) is 0.622. The van der Waals surface area contributed by atoms with E-state index in [1.165, 1.54) is 20.0 Å². The van der Waals surface area contributed by atoms with Crippen LogP contribution in [0.2, 0.25) is 0 Å². The van der Waals surface area contributed by atoms with Crippen LogP contribution < -0.4 is 16.0 Å². The summed E-state index contributed by atoms with van der Waals surface area (Å²) in [5, 5.41) is 20.6. The minimum atomic E-state index is -3.87. The number of β-amino-alcohol motifs (C(OH)–C–C–N with tert-alkyl or cyclic N) is 1. The van der Waals surface area contributed by atoms with E-state index in [9.17, 15) is 27.9 Å². The molecule has 6 atom stereocenters. The summed E-state index contributed by atoms with van der Waals surface area (Å²) in [6.45, 7) is 11.2. The molecule has 2 heterocycles. The van der Waals surface area contributed by atoms with E-state index in [0.717, 1.165) is 37.5 Å². The van der Waals surface area contributed by atoms with Crippen LogP contribution in [0.15, 0.2) is 48.7 Å². The number of aliphatic hydroxyl groups is 1. The molecule has 1 aromatic heterocycles. The van der Waals surface area contributed by atoms with Gasteiger partial charge in [0, 0.05) is 36.8 Å². The predicted octanol–water partition coefficient (Wildman–Crippen LogP) is 3.20. The Kier molecular flexibility index (Phi) is 12.3. The maximum Gasteiger partial charge on any atom is 0.253 e. The van der Waals surface area contributed by atoms with Crippen LogP contribution >= 0.6 is 0 Å². The molecule has 4 N–H and O–H groups in total. The molecule has 49 heavy (non-hydrogen) atoms. The average Bonchev–Trinajstić information content (AvgIpc) is 3.02. The van der Waals surface area contributed by atoms with E-state index < -0.39 is 56.2 Å². The molecule has 1 aliphatic carbocycles. The molecule has 2 aliphatic rings. The summed E-state index contributed by atoms with van der Waals surface area (Å²) in [5.74, 6) is -0.586. The molecule has 12 heteroatoms. The number of rotatable bonds is 12. The van der Waals surface area contributed by atoms with Crippen molar-refractivity contribution in [1.82, 2.24) is 25.8 Å². The average molecular weight is 698 g/mol. The number of nitrogens with zero attached hydrogens (tertiary/aromatic N) is 2. The van der Waals surface area contributed by atoms with E-state index in [4.69, 9.17) is 0 Å². The molecule has 1 aromatic carbocycles. The summed E-state index contributed by atoms with van der Waals surface area (Å²) in [6, 6.07) is 9.82. The number of fused-ring (bicyclic) bond motifs is 1. The molecule has 0 spiro atoms. The van der Waals surface area contributed by atoms with Crippen molar-refractivity contribution < 1.29 is 27.9 Å². The second kappa shape index (κ2) is 15.7. The zero-order chi connectivity index (χ0) is 36.1. The number of hydrogen-bond donors (Lipinski definition) is 4. The number of piperidine rings is 1. The van der Waals surface area contributed by atoms with Crippen molar-refractivity contribution in [2.24, 2.45) is 11.8 Å². The lowest BCUT2D eigenvalue weighted by molar-refractivity contribution is -0.133. The molecule has 1 saturated heterocycles. The monoisotopic (exact) mass is 697 g/mol. The summed E-state index contributed by atoms with van der Waals surface area (Å²) in [5.41, 5.74) is 1.31. The predicted molar refractivity (Wildman–Crippen MR) is 191 cm³/mol. The lowest BCUT2D eigenvalue weighted by Crippen LogP contribution is -2.64. The minimum Gasteiger partial charge on any atom is -0.390 e. The van der Waals surface area contributed by atoms with Crippen LogP contribution in [0, 0.1) is 18.8 Å². The summed E-state index contributed by atoms with van der Waals surface area (Å²) < 4.78 is 24.3. The SMILES string of the molecule is Cc1ccc(C(=O)N[C@H](C(=O)N[C@@H](Cc2ccccc2)[C@H](O)CN2C[C@H]3CCCC[C@H]3C[C@H]2C(=O)NC(C)(C)C)C(C)(C)S(C)(=O)=O)cn1. The first-order chi connectivity index (χ1) is 22.9. The van der Waals surface area contributed by atoms with Gasteiger partial charge in [-0.15, -0.1) is 0 Å². The van der Waals surface area contributed by atoms with Gasteiger partial charge in [0.15, 0.2) is 9.84 Å². The normalized spacial score (nSPS) is 22.2. The number of likely N-dealkylation sites (tertiary alicyclic amines) is 1. The lowest BCUT2D eigenvalue weighted by Gasteiger charge is -2.47. The highest BCUT2D eigenvalue weighted by Gasteiger charge is 2.46. The molecule has 0 radical (unpaired) electrons. The molecule has 4 rings (SSSR count). The molecular weight excluding hydrogens is 643 g/mol.